The van der Waals surface area contributed by atoms with Crippen LogP contribution in [0.2, 0.25) is 0 Å². The van der Waals surface area contributed by atoms with Crippen LogP contribution in [0.4, 0.5) is 0 Å². The Labute approximate surface area is 235 Å². The second-order valence-corrected chi connectivity index (χ2v) is 9.51. The van der Waals surface area contributed by atoms with Gasteiger partial charge in [-0.2, -0.15) is 0 Å². The zero-order chi connectivity index (χ0) is 21.2. The third kappa shape index (κ3) is 4.63. The summed E-state index contributed by atoms with van der Waals surface area (Å²) in [5.74, 6) is 1.03. The summed E-state index contributed by atoms with van der Waals surface area (Å²) in [7, 11) is 0. The number of hydrogen-bond acceptors (Lipinski definition) is 2. The molecule has 3 aromatic heterocycles. The summed E-state index contributed by atoms with van der Waals surface area (Å²) < 4.78 is 4.59. The van der Waals surface area contributed by atoms with Gasteiger partial charge in [-0.25, -0.2) is 4.98 Å². The minimum Gasteiger partial charge on any atom is -0.358 e. The van der Waals surface area contributed by atoms with E-state index in [-0.39, 0.29) is 65.7 Å². The molecule has 0 unspecified atom stereocenters. The standard InChI is InChI=1S/C26H27N4.CH3.Ir.Y/c1-16-10-9-11-17(2)22(16)21-14-27-24-20-13-8-7-12-19(20)23-25(30(21)24)28-18(3)29(23)15-26(4,5)6;;;/h7-12,14H,15H2,1-6H3;1H3;;/q2*-1;;. The van der Waals surface area contributed by atoms with Crippen molar-refractivity contribution in [3.8, 4) is 11.3 Å². The van der Waals surface area contributed by atoms with Crippen LogP contribution in [-0.2, 0) is 59.4 Å². The topological polar surface area (TPSA) is 35.1 Å². The molecule has 6 heteroatoms. The summed E-state index contributed by atoms with van der Waals surface area (Å²) in [6, 6.07) is 16.1. The van der Waals surface area contributed by atoms with E-state index in [4.69, 9.17) is 9.97 Å². The van der Waals surface area contributed by atoms with Gasteiger partial charge in [0.1, 0.15) is 11.5 Å². The first-order valence-electron chi connectivity index (χ1n) is 10.5. The fraction of sp³-hybridized carbons (Fsp3) is 0.296. The van der Waals surface area contributed by atoms with Crippen LogP contribution in [0.3, 0.4) is 0 Å². The largest absolute Gasteiger partial charge is 0.358 e. The van der Waals surface area contributed by atoms with Gasteiger partial charge in [0.25, 0.3) is 0 Å². The molecule has 0 bridgehead atoms. The maximum atomic E-state index is 5.07. The average Bonchev–Trinajstić information content (AvgIpc) is 3.23. The van der Waals surface area contributed by atoms with E-state index in [1.54, 1.807) is 0 Å². The number of nitrogens with zero attached hydrogens (tertiary/aromatic N) is 4. The Balaban J connectivity index is 0.00000128. The molecule has 0 amide bonds. The molecule has 5 rings (SSSR count). The molecular weight excluding hydrogens is 661 g/mol. The van der Waals surface area contributed by atoms with Gasteiger partial charge < -0.3 is 16.4 Å². The Morgan fingerprint density at radius 2 is 1.64 bits per heavy atom. The number of imidazole rings is 2. The van der Waals surface area contributed by atoms with E-state index in [0.29, 0.717) is 0 Å². The Morgan fingerprint density at radius 3 is 2.27 bits per heavy atom. The van der Waals surface area contributed by atoms with E-state index >= 15 is 0 Å². The molecule has 0 aliphatic heterocycles. The molecule has 4 nitrogen and oxygen atoms in total. The molecule has 0 aliphatic carbocycles. The minimum atomic E-state index is 0. The predicted molar refractivity (Wildman–Crippen MR) is 130 cm³/mol. The molecule has 5 aromatic rings. The zero-order valence-electron chi connectivity index (χ0n) is 20.4. The van der Waals surface area contributed by atoms with Gasteiger partial charge in [0, 0.05) is 76.6 Å². The van der Waals surface area contributed by atoms with Gasteiger partial charge in [0.05, 0.1) is 11.3 Å². The number of hydrogen-bond donors (Lipinski definition) is 0. The first kappa shape index (κ1) is 27.9. The molecule has 0 N–H and O–H groups in total. The summed E-state index contributed by atoms with van der Waals surface area (Å²) in [5.41, 5.74) is 7.98. The van der Waals surface area contributed by atoms with Crippen molar-refractivity contribution in [1.82, 2.24) is 18.9 Å². The quantitative estimate of drug-likeness (QED) is 0.193. The molecule has 0 saturated heterocycles. The van der Waals surface area contributed by atoms with Crippen LogP contribution in [0.1, 0.15) is 37.7 Å². The first-order chi connectivity index (χ1) is 14.3. The summed E-state index contributed by atoms with van der Waals surface area (Å²) in [6.45, 7) is 14.1. The molecule has 33 heavy (non-hydrogen) atoms. The Kier molecular flexibility index (Phi) is 8.51. The SMILES string of the molecule is Cc1cccc(C)c1-c1cnc2c3[c-]cccc3c3c(nc(C)n3CC(C)(C)C)n12.[CH3-].[Ir].[Y]. The van der Waals surface area contributed by atoms with Crippen LogP contribution >= 0.6 is 0 Å². The molecular formula is C27H30IrN4Y-2. The van der Waals surface area contributed by atoms with Crippen molar-refractivity contribution in [2.75, 3.05) is 0 Å². The zero-order valence-corrected chi connectivity index (χ0v) is 25.7. The van der Waals surface area contributed by atoms with Crippen molar-refractivity contribution >= 4 is 27.6 Å². The fourth-order valence-electron chi connectivity index (χ4n) is 4.60. The first-order valence-corrected chi connectivity index (χ1v) is 10.5. The van der Waals surface area contributed by atoms with Gasteiger partial charge in [-0.3, -0.25) is 4.98 Å². The molecule has 0 saturated carbocycles. The van der Waals surface area contributed by atoms with E-state index in [2.05, 4.69) is 86.9 Å². The number of rotatable bonds is 2. The van der Waals surface area contributed by atoms with Gasteiger partial charge in [-0.15, -0.1) is 24.3 Å². The van der Waals surface area contributed by atoms with Crippen molar-refractivity contribution < 1.29 is 52.8 Å². The van der Waals surface area contributed by atoms with Crippen molar-refractivity contribution in [3.05, 3.63) is 73.0 Å². The second kappa shape index (κ2) is 10.1. The van der Waals surface area contributed by atoms with Gasteiger partial charge in [-0.1, -0.05) is 49.7 Å². The van der Waals surface area contributed by atoms with Crippen molar-refractivity contribution in [3.63, 3.8) is 0 Å². The molecule has 0 aliphatic rings. The van der Waals surface area contributed by atoms with Gasteiger partial charge >= 0.3 is 0 Å². The summed E-state index contributed by atoms with van der Waals surface area (Å²) in [4.78, 5) is 9.92. The van der Waals surface area contributed by atoms with Gasteiger partial charge in [0.2, 0.25) is 0 Å². The minimum absolute atomic E-state index is 0. The summed E-state index contributed by atoms with van der Waals surface area (Å²) in [5, 5.41) is 2.20. The van der Waals surface area contributed by atoms with Crippen LogP contribution in [0.15, 0.2) is 42.6 Å². The van der Waals surface area contributed by atoms with E-state index in [1.807, 2.05) is 12.3 Å². The monoisotopic (exact) mass is 692 g/mol. The Morgan fingerprint density at radius 1 is 0.970 bits per heavy atom. The molecule has 0 spiro atoms. The van der Waals surface area contributed by atoms with Crippen LogP contribution in [-0.4, -0.2) is 18.9 Å². The van der Waals surface area contributed by atoms with Gasteiger partial charge in [0.15, 0.2) is 0 Å². The number of pyridine rings is 1. The van der Waals surface area contributed by atoms with E-state index in [1.165, 1.54) is 16.7 Å². The molecule has 0 fully saturated rings. The smallest absolute Gasteiger partial charge is 0.147 e. The van der Waals surface area contributed by atoms with E-state index in [9.17, 15) is 0 Å². The Bertz CT molecular complexity index is 1420. The molecule has 2 aromatic carbocycles. The van der Waals surface area contributed by atoms with Gasteiger partial charge in [-0.05, 0) is 37.3 Å². The molecule has 172 valence electrons. The van der Waals surface area contributed by atoms with Crippen LogP contribution in [0.25, 0.3) is 38.8 Å². The third-order valence-electron chi connectivity index (χ3n) is 5.82. The fourth-order valence-corrected chi connectivity index (χ4v) is 4.60. The van der Waals surface area contributed by atoms with Crippen molar-refractivity contribution in [2.45, 2.75) is 48.1 Å². The third-order valence-corrected chi connectivity index (χ3v) is 5.82. The van der Waals surface area contributed by atoms with Crippen LogP contribution in [0, 0.1) is 39.7 Å². The normalized spacial score (nSPS) is 11.3. The van der Waals surface area contributed by atoms with E-state index in [0.717, 1.165) is 45.6 Å². The number of aryl methyl sites for hydroxylation is 3. The van der Waals surface area contributed by atoms with Crippen LogP contribution in [0.5, 0.6) is 0 Å². The molecule has 0 atom stereocenters. The molecule has 2 radical (unpaired) electrons. The van der Waals surface area contributed by atoms with E-state index < -0.39 is 0 Å². The maximum Gasteiger partial charge on any atom is 0.147 e. The predicted octanol–water partition coefficient (Wildman–Crippen LogP) is 6.72. The average molecular weight is 692 g/mol. The van der Waals surface area contributed by atoms with Crippen molar-refractivity contribution in [1.29, 1.82) is 0 Å². The maximum absolute atomic E-state index is 5.07. The Hall–Kier alpha value is -1.39. The molecule has 3 heterocycles. The second-order valence-electron chi connectivity index (χ2n) is 9.51. The van der Waals surface area contributed by atoms with Crippen LogP contribution < -0.4 is 0 Å². The summed E-state index contributed by atoms with van der Waals surface area (Å²) in [6.07, 6.45) is 1.99. The number of fused-ring (bicyclic) bond motifs is 6. The number of benzene rings is 2. The summed E-state index contributed by atoms with van der Waals surface area (Å²) >= 11 is 0. The van der Waals surface area contributed by atoms with Crippen molar-refractivity contribution in [2.24, 2.45) is 5.41 Å². The number of aromatic nitrogens is 4.